The fourth-order valence-corrected chi connectivity index (χ4v) is 2.58. The van der Waals surface area contributed by atoms with Gasteiger partial charge in [0.05, 0.1) is 11.8 Å². The summed E-state index contributed by atoms with van der Waals surface area (Å²) in [7, 11) is 0. The van der Waals surface area contributed by atoms with Crippen LogP contribution in [0.25, 0.3) is 0 Å². The van der Waals surface area contributed by atoms with Gasteiger partial charge in [-0.05, 0) is 12.5 Å². The summed E-state index contributed by atoms with van der Waals surface area (Å²) in [6, 6.07) is 0. The average molecular weight is 396 g/mol. The highest BCUT2D eigenvalue weighted by Crippen LogP contribution is 2.46. The Morgan fingerprint density at radius 1 is 0.964 bits per heavy atom. The van der Waals surface area contributed by atoms with Crippen LogP contribution in [0.15, 0.2) is 60.8 Å². The van der Waals surface area contributed by atoms with Gasteiger partial charge in [-0.2, -0.15) is 13.2 Å². The molecule has 0 aromatic heterocycles. The first-order valence-corrected chi connectivity index (χ1v) is 7.96. The highest BCUT2D eigenvalue weighted by Gasteiger charge is 2.52. The molecule has 2 heterocycles. The van der Waals surface area contributed by atoms with Crippen LogP contribution in [-0.2, 0) is 28.7 Å². The van der Waals surface area contributed by atoms with Gasteiger partial charge in [-0.1, -0.05) is 36.5 Å². The van der Waals surface area contributed by atoms with Gasteiger partial charge in [-0.3, -0.25) is 9.59 Å². The Kier molecular flexibility index (Phi) is 5.86. The van der Waals surface area contributed by atoms with E-state index in [1.54, 1.807) is 0 Å². The fraction of sp³-hybridized carbons (Fsp3) is 0.263. The van der Waals surface area contributed by atoms with Gasteiger partial charge < -0.3 is 9.47 Å². The highest BCUT2D eigenvalue weighted by molar-refractivity contribution is 5.98. The fourth-order valence-electron chi connectivity index (χ4n) is 2.58. The van der Waals surface area contributed by atoms with Gasteiger partial charge in [-0.25, -0.2) is 9.59 Å². The molecule has 0 amide bonds. The molecule has 1 fully saturated rings. The molecule has 3 atom stereocenters. The molecule has 0 aliphatic carbocycles. The summed E-state index contributed by atoms with van der Waals surface area (Å²) in [5.74, 6) is -6.39. The van der Waals surface area contributed by atoms with E-state index in [2.05, 4.69) is 16.1 Å². The molecule has 3 unspecified atom stereocenters. The van der Waals surface area contributed by atoms with Crippen molar-refractivity contribution >= 4 is 23.9 Å². The normalized spacial score (nSPS) is 29.6. The summed E-state index contributed by atoms with van der Waals surface area (Å²) in [5, 5.41) is 0. The number of hydrogen-bond acceptors (Lipinski definition) is 6. The maximum absolute atomic E-state index is 13.9. The van der Waals surface area contributed by atoms with Crippen molar-refractivity contribution in [3.05, 3.63) is 60.8 Å². The second kappa shape index (κ2) is 7.79. The maximum Gasteiger partial charge on any atom is 0.401 e. The molecular weight excluding hydrogens is 381 g/mol. The lowest BCUT2D eigenvalue weighted by Crippen LogP contribution is -2.35. The first kappa shape index (κ1) is 21.1. The molecule has 0 saturated carbocycles. The number of hydrogen-bond donors (Lipinski definition) is 0. The van der Waals surface area contributed by atoms with Crippen molar-refractivity contribution in [2.75, 3.05) is 0 Å². The summed E-state index contributed by atoms with van der Waals surface area (Å²) >= 11 is 0. The molecule has 2 aliphatic heterocycles. The van der Waals surface area contributed by atoms with E-state index < -0.39 is 52.9 Å². The quantitative estimate of drug-likeness (QED) is 0.413. The van der Waals surface area contributed by atoms with E-state index in [0.29, 0.717) is 12.2 Å². The van der Waals surface area contributed by atoms with E-state index >= 15 is 0 Å². The van der Waals surface area contributed by atoms with Crippen LogP contribution in [0.3, 0.4) is 0 Å². The van der Waals surface area contributed by atoms with Crippen molar-refractivity contribution in [3.63, 3.8) is 0 Å². The van der Waals surface area contributed by atoms with Crippen LogP contribution in [0.1, 0.15) is 6.92 Å². The monoisotopic (exact) mass is 396 g/mol. The largest absolute Gasteiger partial charge is 0.401 e. The zero-order chi connectivity index (χ0) is 21.1. The highest BCUT2D eigenvalue weighted by atomic mass is 19.4. The van der Waals surface area contributed by atoms with Crippen LogP contribution in [-0.4, -0.2) is 30.1 Å². The molecule has 28 heavy (non-hydrogen) atoms. The third-order valence-corrected chi connectivity index (χ3v) is 4.32. The number of esters is 4. The second-order valence-electron chi connectivity index (χ2n) is 6.14. The van der Waals surface area contributed by atoms with Crippen molar-refractivity contribution in [1.29, 1.82) is 0 Å². The molecule has 2 aliphatic rings. The maximum atomic E-state index is 13.9. The number of carbonyl (C=O) groups is 4. The van der Waals surface area contributed by atoms with Gasteiger partial charge >= 0.3 is 30.1 Å². The Morgan fingerprint density at radius 2 is 1.57 bits per heavy atom. The van der Waals surface area contributed by atoms with Gasteiger partial charge in [0.15, 0.2) is 0 Å². The van der Waals surface area contributed by atoms with E-state index in [1.807, 2.05) is 0 Å². The van der Waals surface area contributed by atoms with Crippen LogP contribution in [0.2, 0.25) is 0 Å². The van der Waals surface area contributed by atoms with Gasteiger partial charge in [0.1, 0.15) is 5.41 Å². The zero-order valence-electron chi connectivity index (χ0n) is 14.6. The number of cyclic esters (lactones) is 4. The molecule has 0 spiro atoms. The first-order valence-electron chi connectivity index (χ1n) is 7.96. The molecule has 148 valence electrons. The molecule has 0 bridgehead atoms. The Labute approximate surface area is 157 Å². The van der Waals surface area contributed by atoms with Crippen LogP contribution >= 0.6 is 0 Å². The molecule has 0 radical (unpaired) electrons. The molecule has 9 heteroatoms. The van der Waals surface area contributed by atoms with Crippen molar-refractivity contribution in [3.8, 4) is 0 Å². The third kappa shape index (κ3) is 4.19. The summed E-state index contributed by atoms with van der Waals surface area (Å²) in [6.45, 7) is 4.21. The average Bonchev–Trinajstić information content (AvgIpc) is 2.90. The van der Waals surface area contributed by atoms with E-state index in [1.165, 1.54) is 0 Å². The summed E-state index contributed by atoms with van der Waals surface area (Å²) < 4.78 is 50.4. The van der Waals surface area contributed by atoms with Gasteiger partial charge in [0.2, 0.25) is 0 Å². The summed E-state index contributed by atoms with van der Waals surface area (Å²) in [5.41, 5.74) is -3.05. The van der Waals surface area contributed by atoms with Crippen LogP contribution in [0.4, 0.5) is 13.2 Å². The number of rotatable bonds is 4. The minimum atomic E-state index is -4.84. The summed E-state index contributed by atoms with van der Waals surface area (Å²) in [6.07, 6.45) is 2.29. The topological polar surface area (TPSA) is 86.7 Å². The van der Waals surface area contributed by atoms with Crippen LogP contribution < -0.4 is 0 Å². The lowest BCUT2D eigenvalue weighted by Gasteiger charge is -2.30. The lowest BCUT2D eigenvalue weighted by atomic mass is 9.78. The predicted molar refractivity (Wildman–Crippen MR) is 89.0 cm³/mol. The van der Waals surface area contributed by atoms with Crippen LogP contribution in [0, 0.1) is 17.3 Å². The van der Waals surface area contributed by atoms with Gasteiger partial charge in [0, 0.05) is 12.2 Å². The number of alkyl halides is 3. The third-order valence-electron chi connectivity index (χ3n) is 4.32. The molecule has 6 nitrogen and oxygen atoms in total. The minimum absolute atomic E-state index is 0.396. The van der Waals surface area contributed by atoms with E-state index in [9.17, 15) is 32.3 Å². The molecule has 1 saturated heterocycles. The number of allylic oxidation sites excluding steroid dienone is 5. The molecule has 0 aromatic carbocycles. The van der Waals surface area contributed by atoms with Crippen molar-refractivity contribution in [1.82, 2.24) is 0 Å². The smallest absolute Gasteiger partial charge is 0.392 e. The Morgan fingerprint density at radius 3 is 2.18 bits per heavy atom. The predicted octanol–water partition coefficient (Wildman–Crippen LogP) is 2.74. The second-order valence-corrected chi connectivity index (χ2v) is 6.14. The van der Waals surface area contributed by atoms with E-state index in [0.717, 1.165) is 43.4 Å². The number of halogens is 3. The zero-order valence-corrected chi connectivity index (χ0v) is 14.6. The van der Waals surface area contributed by atoms with Crippen molar-refractivity contribution in [2.45, 2.75) is 13.1 Å². The molecular formula is C19H15F3O6. The Hall–Kier alpha value is -3.23. The van der Waals surface area contributed by atoms with Crippen molar-refractivity contribution < 1.29 is 41.8 Å². The molecule has 2 rings (SSSR count). The summed E-state index contributed by atoms with van der Waals surface area (Å²) in [4.78, 5) is 46.0. The van der Waals surface area contributed by atoms with Crippen LogP contribution in [0.5, 0.6) is 0 Å². The SMILES string of the molecule is C=CC1C(=O)OC(=O)C1/C=C/C(C)(C1=C/C=C/C(=O)OC(=O)\C=C\1)C(F)(F)F. The van der Waals surface area contributed by atoms with Gasteiger partial charge in [0.25, 0.3) is 0 Å². The lowest BCUT2D eigenvalue weighted by molar-refractivity contribution is -0.186. The molecule has 0 N–H and O–H groups in total. The number of ether oxygens (including phenoxy) is 2. The van der Waals surface area contributed by atoms with E-state index in [4.69, 9.17) is 0 Å². The number of carbonyl (C=O) groups excluding carboxylic acids is 4. The van der Waals surface area contributed by atoms with Gasteiger partial charge in [-0.15, -0.1) is 6.58 Å². The van der Waals surface area contributed by atoms with E-state index in [-0.39, 0.29) is 0 Å². The minimum Gasteiger partial charge on any atom is -0.392 e. The Balaban J connectivity index is 2.51. The Bertz CT molecular complexity index is 846. The first-order chi connectivity index (χ1) is 13.0. The molecule has 0 aromatic rings. The standard InChI is InChI=1S/C19H15F3O6/c1-3-12-13(17(26)28-16(12)25)9-10-18(2,19(20,21)22)11-5-4-6-14(23)27-15(24)8-7-11/h3-10,12-13H,1H2,2H3/b6-4+,8-7+,10-9+,11-5+. The van der Waals surface area contributed by atoms with Crippen molar-refractivity contribution in [2.24, 2.45) is 17.3 Å².